The smallest absolute Gasteiger partial charge is 0.189 e. The maximum absolute atomic E-state index is 5.57. The molecule has 0 aliphatic heterocycles. The van der Waals surface area contributed by atoms with Crippen LogP contribution in [0.4, 0.5) is 0 Å². The van der Waals surface area contributed by atoms with Crippen LogP contribution in [0.25, 0.3) is 0 Å². The van der Waals surface area contributed by atoms with Crippen molar-refractivity contribution in [3.8, 4) is 5.75 Å². The van der Waals surface area contributed by atoms with Crippen molar-refractivity contribution in [2.24, 2.45) is 0 Å². The molecule has 96 valence electrons. The number of rotatable bonds is 6. The second kappa shape index (κ2) is 7.11. The van der Waals surface area contributed by atoms with Crippen molar-refractivity contribution in [2.75, 3.05) is 13.4 Å². The molecular weight excluding hydrogens is 411 g/mol. The van der Waals surface area contributed by atoms with Crippen molar-refractivity contribution in [3.05, 3.63) is 26.2 Å². The maximum Gasteiger partial charge on any atom is 0.189 e. The Bertz CT molecular complexity index is 366. The number of hydrogen-bond donors (Lipinski definition) is 0. The summed E-state index contributed by atoms with van der Waals surface area (Å²) in [6.45, 7) is 8.16. The molecule has 0 saturated heterocycles. The van der Waals surface area contributed by atoms with Crippen LogP contribution in [-0.4, -0.2) is 21.5 Å². The first kappa shape index (κ1) is 15.5. The van der Waals surface area contributed by atoms with Crippen LogP contribution in [0, 0.1) is 3.57 Å². The second-order valence-electron chi connectivity index (χ2n) is 5.06. The van der Waals surface area contributed by atoms with E-state index in [0.29, 0.717) is 6.79 Å². The maximum atomic E-state index is 5.57. The lowest BCUT2D eigenvalue weighted by Gasteiger charge is -2.15. The molecule has 0 saturated carbocycles. The van der Waals surface area contributed by atoms with Crippen LogP contribution in [0.1, 0.15) is 0 Å². The van der Waals surface area contributed by atoms with E-state index in [1.54, 1.807) is 0 Å². The van der Waals surface area contributed by atoms with Gasteiger partial charge in [0.1, 0.15) is 5.75 Å². The molecular formula is C12H18BrIO2Si. The largest absolute Gasteiger partial charge is 0.466 e. The number of hydrogen-bond acceptors (Lipinski definition) is 2. The Kier molecular flexibility index (Phi) is 6.47. The van der Waals surface area contributed by atoms with Crippen LogP contribution < -0.4 is 4.74 Å². The van der Waals surface area contributed by atoms with Crippen molar-refractivity contribution < 1.29 is 9.47 Å². The van der Waals surface area contributed by atoms with E-state index in [9.17, 15) is 0 Å². The molecule has 0 radical (unpaired) electrons. The summed E-state index contributed by atoms with van der Waals surface area (Å²) in [6.07, 6.45) is 0. The lowest BCUT2D eigenvalue weighted by Crippen LogP contribution is -2.22. The van der Waals surface area contributed by atoms with Crippen LogP contribution in [0.15, 0.2) is 22.7 Å². The van der Waals surface area contributed by atoms with Crippen molar-refractivity contribution in [1.82, 2.24) is 0 Å². The van der Waals surface area contributed by atoms with Crippen LogP contribution in [0.3, 0.4) is 0 Å². The topological polar surface area (TPSA) is 18.5 Å². The average Bonchev–Trinajstić information content (AvgIpc) is 2.18. The van der Waals surface area contributed by atoms with Gasteiger partial charge in [0.2, 0.25) is 0 Å². The highest BCUT2D eigenvalue weighted by molar-refractivity contribution is 14.1. The van der Waals surface area contributed by atoms with Gasteiger partial charge in [0, 0.05) is 19.2 Å². The molecule has 0 fully saturated rings. The molecule has 0 heterocycles. The van der Waals surface area contributed by atoms with E-state index in [-0.39, 0.29) is 0 Å². The molecule has 0 aliphatic carbocycles. The van der Waals surface area contributed by atoms with E-state index in [1.807, 2.05) is 18.2 Å². The van der Waals surface area contributed by atoms with E-state index in [0.717, 1.165) is 20.4 Å². The molecule has 0 amide bonds. The molecule has 2 nitrogen and oxygen atoms in total. The normalized spacial score (nSPS) is 11.6. The Balaban J connectivity index is 2.27. The zero-order chi connectivity index (χ0) is 12.9. The summed E-state index contributed by atoms with van der Waals surface area (Å²) < 4.78 is 13.2. The summed E-state index contributed by atoms with van der Waals surface area (Å²) in [5, 5.41) is 0. The third kappa shape index (κ3) is 6.78. The minimum Gasteiger partial charge on any atom is -0.466 e. The Morgan fingerprint density at radius 1 is 1.29 bits per heavy atom. The van der Waals surface area contributed by atoms with E-state index < -0.39 is 8.07 Å². The summed E-state index contributed by atoms with van der Waals surface area (Å²) in [7, 11) is -0.993. The van der Waals surface area contributed by atoms with Crippen molar-refractivity contribution >= 4 is 46.6 Å². The molecule has 0 bridgehead atoms. The zero-order valence-corrected chi connectivity index (χ0v) is 15.2. The van der Waals surface area contributed by atoms with E-state index in [1.165, 1.54) is 6.04 Å². The van der Waals surface area contributed by atoms with E-state index in [2.05, 4.69) is 58.2 Å². The zero-order valence-electron chi connectivity index (χ0n) is 10.4. The van der Waals surface area contributed by atoms with Crippen LogP contribution in [0.2, 0.25) is 25.7 Å². The molecule has 0 atom stereocenters. The van der Waals surface area contributed by atoms with Gasteiger partial charge >= 0.3 is 0 Å². The second-order valence-corrected chi connectivity index (χ2v) is 12.8. The quantitative estimate of drug-likeness (QED) is 0.282. The molecule has 0 aliphatic rings. The first-order valence-electron chi connectivity index (χ1n) is 5.54. The highest BCUT2D eigenvalue weighted by atomic mass is 127. The first-order valence-corrected chi connectivity index (χ1v) is 11.1. The SMILES string of the molecule is C[Si](C)(C)CCOCOc1ccc(Br)cc1I. The molecule has 0 N–H and O–H groups in total. The van der Waals surface area contributed by atoms with Gasteiger partial charge in [-0.05, 0) is 46.8 Å². The third-order valence-electron chi connectivity index (χ3n) is 2.19. The van der Waals surface area contributed by atoms with E-state index >= 15 is 0 Å². The Hall–Kier alpha value is 0.407. The van der Waals surface area contributed by atoms with E-state index in [4.69, 9.17) is 9.47 Å². The minimum absolute atomic E-state index is 0.335. The summed E-state index contributed by atoms with van der Waals surface area (Å²) >= 11 is 5.68. The van der Waals surface area contributed by atoms with Gasteiger partial charge in [0.15, 0.2) is 6.79 Å². The number of benzene rings is 1. The highest BCUT2D eigenvalue weighted by Crippen LogP contribution is 2.24. The van der Waals surface area contributed by atoms with Crippen molar-refractivity contribution in [3.63, 3.8) is 0 Å². The molecule has 0 spiro atoms. The van der Waals surface area contributed by atoms with Crippen molar-refractivity contribution in [2.45, 2.75) is 25.7 Å². The third-order valence-corrected chi connectivity index (χ3v) is 5.23. The predicted molar refractivity (Wildman–Crippen MR) is 86.5 cm³/mol. The molecule has 0 aromatic heterocycles. The summed E-state index contributed by atoms with van der Waals surface area (Å²) in [4.78, 5) is 0. The Labute approximate surface area is 126 Å². The fourth-order valence-electron chi connectivity index (χ4n) is 1.13. The fraction of sp³-hybridized carbons (Fsp3) is 0.500. The standard InChI is InChI=1S/C12H18BrIO2Si/c1-17(2,3)7-6-15-9-16-12-5-4-10(13)8-11(12)14/h4-5,8H,6-7,9H2,1-3H3. The lowest BCUT2D eigenvalue weighted by molar-refractivity contribution is 0.0215. The molecule has 5 heteroatoms. The minimum atomic E-state index is -0.993. The fourth-order valence-corrected chi connectivity index (χ4v) is 3.35. The van der Waals surface area contributed by atoms with Crippen LogP contribution in [0.5, 0.6) is 5.75 Å². The average molecular weight is 429 g/mol. The Morgan fingerprint density at radius 3 is 2.59 bits per heavy atom. The molecule has 1 aromatic carbocycles. The predicted octanol–water partition coefficient (Wildman–Crippen LogP) is 4.74. The van der Waals surface area contributed by atoms with Gasteiger partial charge in [-0.3, -0.25) is 0 Å². The van der Waals surface area contributed by atoms with Crippen LogP contribution >= 0.6 is 38.5 Å². The summed E-state index contributed by atoms with van der Waals surface area (Å²) in [5.74, 6) is 0.877. The molecule has 17 heavy (non-hydrogen) atoms. The monoisotopic (exact) mass is 428 g/mol. The lowest BCUT2D eigenvalue weighted by atomic mass is 10.3. The van der Waals surface area contributed by atoms with Gasteiger partial charge in [-0.15, -0.1) is 0 Å². The van der Waals surface area contributed by atoms with Crippen molar-refractivity contribution in [1.29, 1.82) is 0 Å². The Morgan fingerprint density at radius 2 is 2.00 bits per heavy atom. The summed E-state index contributed by atoms with van der Waals surface area (Å²) in [6, 6.07) is 7.12. The van der Waals surface area contributed by atoms with Gasteiger partial charge < -0.3 is 9.47 Å². The van der Waals surface area contributed by atoms with Gasteiger partial charge in [0.25, 0.3) is 0 Å². The van der Waals surface area contributed by atoms with Gasteiger partial charge in [0.05, 0.1) is 3.57 Å². The molecule has 0 unspecified atom stereocenters. The number of ether oxygens (including phenoxy) is 2. The van der Waals surface area contributed by atoms with Gasteiger partial charge in [-0.2, -0.15) is 0 Å². The first-order chi connectivity index (χ1) is 7.88. The van der Waals surface area contributed by atoms with Gasteiger partial charge in [-0.25, -0.2) is 0 Å². The highest BCUT2D eigenvalue weighted by Gasteiger charge is 2.12. The number of halogens is 2. The summed E-state index contributed by atoms with van der Waals surface area (Å²) in [5.41, 5.74) is 0. The van der Waals surface area contributed by atoms with Crippen LogP contribution in [-0.2, 0) is 4.74 Å². The molecule has 1 aromatic rings. The van der Waals surface area contributed by atoms with Gasteiger partial charge in [-0.1, -0.05) is 35.6 Å². The molecule has 1 rings (SSSR count).